The Morgan fingerprint density at radius 3 is 2.00 bits per heavy atom. The first-order chi connectivity index (χ1) is 7.51. The van der Waals surface area contributed by atoms with Gasteiger partial charge in [-0.05, 0) is 26.8 Å². The third-order valence-corrected chi connectivity index (χ3v) is 1.18. The molecule has 0 aromatic carbocycles. The van der Waals surface area contributed by atoms with Crippen molar-refractivity contribution >= 4 is 12.0 Å². The normalized spacial score (nSPS) is 7.25. The highest BCUT2D eigenvalue weighted by Crippen LogP contribution is 1.89. The van der Waals surface area contributed by atoms with Gasteiger partial charge < -0.3 is 10.5 Å². The molecule has 94 valence electrons. The Bertz CT molecular complexity index is 207. The van der Waals surface area contributed by atoms with Crippen LogP contribution in [0.3, 0.4) is 0 Å². The Morgan fingerprint density at radius 1 is 1.50 bits per heavy atom. The Labute approximate surface area is 97.2 Å². The van der Waals surface area contributed by atoms with Gasteiger partial charge in [0.1, 0.15) is 0 Å². The van der Waals surface area contributed by atoms with Gasteiger partial charge >= 0.3 is 5.97 Å². The fourth-order valence-corrected chi connectivity index (χ4v) is 0.458. The summed E-state index contributed by atoms with van der Waals surface area (Å²) in [5, 5.41) is 5.40. The number of hydrogen-bond acceptors (Lipinski definition) is 5. The molecule has 0 rings (SSSR count). The lowest BCUT2D eigenvalue weighted by Crippen LogP contribution is -2.03. The summed E-state index contributed by atoms with van der Waals surface area (Å²) >= 11 is 0. The fraction of sp³-hybridized carbons (Fsp3) is 0.636. The van der Waals surface area contributed by atoms with Crippen molar-refractivity contribution in [3.63, 3.8) is 0 Å². The zero-order valence-electron chi connectivity index (χ0n) is 10.3. The zero-order chi connectivity index (χ0) is 13.4. The van der Waals surface area contributed by atoms with Crippen LogP contribution in [0.15, 0.2) is 12.2 Å². The molecule has 0 aromatic rings. The van der Waals surface area contributed by atoms with E-state index in [2.05, 4.69) is 18.2 Å². The van der Waals surface area contributed by atoms with Crippen molar-refractivity contribution < 1.29 is 14.3 Å². The van der Waals surface area contributed by atoms with Gasteiger partial charge in [-0.2, -0.15) is 0 Å². The van der Waals surface area contributed by atoms with E-state index in [1.54, 1.807) is 13.8 Å². The molecule has 0 aromatic heterocycles. The summed E-state index contributed by atoms with van der Waals surface area (Å²) in [5.74, 6) is -0.312. The van der Waals surface area contributed by atoms with Crippen LogP contribution >= 0.6 is 0 Å². The average molecular weight is 230 g/mol. The highest BCUT2D eigenvalue weighted by atomic mass is 16.5. The van der Waals surface area contributed by atoms with Crippen molar-refractivity contribution in [2.24, 2.45) is 5.73 Å². The van der Waals surface area contributed by atoms with E-state index in [9.17, 15) is 4.79 Å². The van der Waals surface area contributed by atoms with Crippen molar-refractivity contribution in [2.45, 2.75) is 33.6 Å². The number of nitrogens with one attached hydrogen (secondary N) is 1. The minimum atomic E-state index is -0.312. The van der Waals surface area contributed by atoms with Crippen LogP contribution in [0.4, 0.5) is 0 Å². The maximum Gasteiger partial charge on any atom is 0.333 e. The Morgan fingerprint density at radius 2 is 1.94 bits per heavy atom. The average Bonchev–Trinajstić information content (AvgIpc) is 2.21. The molecule has 0 fully saturated rings. The molecule has 0 spiro atoms. The number of nitrogens with two attached hydrogens (primary N) is 1. The fourth-order valence-electron chi connectivity index (χ4n) is 0.458. The van der Waals surface area contributed by atoms with Gasteiger partial charge in [0, 0.05) is 5.57 Å². The third kappa shape index (κ3) is 29.4. The van der Waals surface area contributed by atoms with Gasteiger partial charge in [-0.3, -0.25) is 0 Å². The second-order valence-corrected chi connectivity index (χ2v) is 2.75. The van der Waals surface area contributed by atoms with E-state index >= 15 is 0 Å². The Hall–Kier alpha value is -1.45. The monoisotopic (exact) mass is 230 g/mol. The summed E-state index contributed by atoms with van der Waals surface area (Å²) in [5.41, 5.74) is 5.59. The molecule has 16 heavy (non-hydrogen) atoms. The van der Waals surface area contributed by atoms with Crippen molar-refractivity contribution in [1.29, 1.82) is 5.41 Å². The van der Waals surface area contributed by atoms with Crippen LogP contribution in [0.1, 0.15) is 33.6 Å². The summed E-state index contributed by atoms with van der Waals surface area (Å²) in [6, 6.07) is 0. The second kappa shape index (κ2) is 19.2. The lowest BCUT2D eigenvalue weighted by molar-refractivity contribution is -0.138. The lowest BCUT2D eigenvalue weighted by Gasteiger charge is -1.96. The molecule has 0 atom stereocenters. The number of isocyanates is 1. The molecule has 5 nitrogen and oxygen atoms in total. The molecule has 0 aliphatic rings. The quantitative estimate of drug-likeness (QED) is 0.333. The molecule has 0 saturated heterocycles. The molecule has 0 amide bonds. The predicted octanol–water partition coefficient (Wildman–Crippen LogP) is 1.77. The van der Waals surface area contributed by atoms with Crippen molar-refractivity contribution in [1.82, 2.24) is 0 Å². The van der Waals surface area contributed by atoms with Crippen molar-refractivity contribution in [2.75, 3.05) is 13.2 Å². The molecule has 0 unspecified atom stereocenters. The number of esters is 1. The largest absolute Gasteiger partial charge is 0.463 e. The zero-order valence-corrected chi connectivity index (χ0v) is 10.3. The first-order valence-corrected chi connectivity index (χ1v) is 5.08. The lowest BCUT2D eigenvalue weighted by atomic mass is 10.3. The number of unbranched alkanes of at least 4 members (excludes halogenated alkanes) is 1. The van der Waals surface area contributed by atoms with Gasteiger partial charge in [0.05, 0.1) is 6.61 Å². The summed E-state index contributed by atoms with van der Waals surface area (Å²) in [6.07, 6.45) is 3.14. The van der Waals surface area contributed by atoms with Crippen molar-refractivity contribution in [3.05, 3.63) is 12.2 Å². The van der Waals surface area contributed by atoms with Gasteiger partial charge in [-0.1, -0.05) is 19.9 Å². The summed E-state index contributed by atoms with van der Waals surface area (Å²) in [4.78, 5) is 18.8. The van der Waals surface area contributed by atoms with Crippen LogP contribution in [0.25, 0.3) is 0 Å². The van der Waals surface area contributed by atoms with Gasteiger partial charge in [0.2, 0.25) is 6.08 Å². The summed E-state index contributed by atoms with van der Waals surface area (Å²) in [6.45, 7) is 10.2. The van der Waals surface area contributed by atoms with E-state index in [0.717, 1.165) is 12.6 Å². The first-order valence-electron chi connectivity index (χ1n) is 5.08. The molecule has 0 bridgehead atoms. The third-order valence-electron chi connectivity index (χ3n) is 1.18. The van der Waals surface area contributed by atoms with Crippen LogP contribution in [0.2, 0.25) is 0 Å². The smallest absolute Gasteiger partial charge is 0.333 e. The van der Waals surface area contributed by atoms with E-state index in [0.29, 0.717) is 12.2 Å². The minimum Gasteiger partial charge on any atom is -0.463 e. The van der Waals surface area contributed by atoms with E-state index in [1.165, 1.54) is 12.8 Å². The number of carbonyl (C=O) groups is 1. The molecule has 0 radical (unpaired) electrons. The van der Waals surface area contributed by atoms with Crippen LogP contribution in [0.5, 0.6) is 0 Å². The molecule has 0 aliphatic heterocycles. The van der Waals surface area contributed by atoms with Gasteiger partial charge in [-0.15, -0.1) is 0 Å². The predicted molar refractivity (Wildman–Crippen MR) is 63.8 cm³/mol. The van der Waals surface area contributed by atoms with Crippen LogP contribution < -0.4 is 5.73 Å². The Balaban J connectivity index is -0.000000181. The van der Waals surface area contributed by atoms with Crippen LogP contribution in [0, 0.1) is 5.41 Å². The maximum absolute atomic E-state index is 10.4. The molecule has 0 aliphatic carbocycles. The van der Waals surface area contributed by atoms with Crippen LogP contribution in [-0.4, -0.2) is 25.2 Å². The molecule has 0 heterocycles. The molecule has 3 N–H and O–H groups in total. The van der Waals surface area contributed by atoms with E-state index in [1.807, 2.05) is 0 Å². The number of ether oxygens (including phenoxy) is 1. The van der Waals surface area contributed by atoms with E-state index in [4.69, 9.17) is 15.9 Å². The topological polar surface area (TPSA) is 93.2 Å². The first kappa shape index (κ1) is 20.0. The number of rotatable bonds is 4. The maximum atomic E-state index is 10.4. The molecular formula is C11H22N2O3. The van der Waals surface area contributed by atoms with Gasteiger partial charge in [0.25, 0.3) is 0 Å². The van der Waals surface area contributed by atoms with E-state index in [-0.39, 0.29) is 5.97 Å². The van der Waals surface area contributed by atoms with Gasteiger partial charge in [-0.25, -0.2) is 15.0 Å². The highest BCUT2D eigenvalue weighted by molar-refractivity contribution is 5.86. The SMILES string of the molecule is C=C(C)C(=O)OCC.CCCCN.N=C=O. The number of carbonyl (C=O) groups excluding carboxylic acids is 2. The highest BCUT2D eigenvalue weighted by Gasteiger charge is 1.98. The van der Waals surface area contributed by atoms with Crippen molar-refractivity contribution in [3.8, 4) is 0 Å². The second-order valence-electron chi connectivity index (χ2n) is 2.75. The summed E-state index contributed by atoms with van der Waals surface area (Å²) < 4.78 is 4.56. The Kier molecular flexibility index (Phi) is 24.0. The standard InChI is InChI=1S/C6H10O2.C4H11N.CHNO/c1-4-8-6(7)5(2)3;1-2-3-4-5;2-1-3/h2,4H2,1,3H3;2-5H2,1H3;2H. The molecule has 0 saturated carbocycles. The molecule has 5 heteroatoms. The van der Waals surface area contributed by atoms with Crippen LogP contribution in [-0.2, 0) is 14.3 Å². The summed E-state index contributed by atoms with van der Waals surface area (Å²) in [7, 11) is 0. The number of hydrogen-bond donors (Lipinski definition) is 2. The van der Waals surface area contributed by atoms with E-state index < -0.39 is 0 Å². The van der Waals surface area contributed by atoms with Gasteiger partial charge in [0.15, 0.2) is 0 Å². The molecular weight excluding hydrogens is 208 g/mol. The minimum absolute atomic E-state index is 0.312.